The Hall–Kier alpha value is -1.52. The van der Waals surface area contributed by atoms with Crippen molar-refractivity contribution < 1.29 is 9.53 Å². The van der Waals surface area contributed by atoms with Gasteiger partial charge in [-0.25, -0.2) is 0 Å². The van der Waals surface area contributed by atoms with Crippen LogP contribution in [0.15, 0.2) is 36.9 Å². The molecule has 21 heavy (non-hydrogen) atoms. The zero-order valence-corrected chi connectivity index (χ0v) is 12.9. The van der Waals surface area contributed by atoms with Crippen molar-refractivity contribution in [3.63, 3.8) is 0 Å². The fraction of sp³-hybridized carbons (Fsp3) is 0.438. The summed E-state index contributed by atoms with van der Waals surface area (Å²) in [7, 11) is 0. The van der Waals surface area contributed by atoms with E-state index in [1.165, 1.54) is 0 Å². The van der Waals surface area contributed by atoms with Crippen molar-refractivity contribution >= 4 is 24.0 Å². The number of carbonyl (C=O) groups is 1. The lowest BCUT2D eigenvalue weighted by Gasteiger charge is -2.17. The van der Waals surface area contributed by atoms with Crippen molar-refractivity contribution in [2.45, 2.75) is 19.3 Å². The van der Waals surface area contributed by atoms with Gasteiger partial charge in [-0.1, -0.05) is 25.1 Å². The molecule has 3 N–H and O–H groups in total. The van der Waals surface area contributed by atoms with Crippen LogP contribution in [0.3, 0.4) is 0 Å². The van der Waals surface area contributed by atoms with Gasteiger partial charge in [-0.3, -0.25) is 4.79 Å². The second-order valence-electron chi connectivity index (χ2n) is 5.15. The van der Waals surface area contributed by atoms with Gasteiger partial charge in [0, 0.05) is 17.7 Å². The number of carbonyl (C=O) groups excluding carboxylic acids is 1. The number of anilines is 1. The van der Waals surface area contributed by atoms with E-state index >= 15 is 0 Å². The topological polar surface area (TPSA) is 64.3 Å². The van der Waals surface area contributed by atoms with Crippen molar-refractivity contribution in [1.29, 1.82) is 0 Å². The van der Waals surface area contributed by atoms with E-state index in [1.807, 2.05) is 24.3 Å². The van der Waals surface area contributed by atoms with E-state index < -0.39 is 0 Å². The quantitative estimate of drug-likeness (QED) is 0.794. The Bertz CT molecular complexity index is 479. The standard InChI is InChI=1S/C16H22N2O2.ClH/c1-2-9-20-14-7-4-6-13(10-14)18-16(19)15-8-3-5-12(15)11-17;/h2,4,6-7,10,12,15H,1,3,5,8-9,11,17H2,(H,18,19);1H/t12-,15-;/m1./s1. The van der Waals surface area contributed by atoms with Gasteiger partial charge in [0.25, 0.3) is 0 Å². The maximum atomic E-state index is 12.3. The van der Waals surface area contributed by atoms with E-state index in [-0.39, 0.29) is 24.2 Å². The Labute approximate surface area is 132 Å². The number of amides is 1. The number of rotatable bonds is 6. The summed E-state index contributed by atoms with van der Waals surface area (Å²) in [6.07, 6.45) is 4.76. The highest BCUT2D eigenvalue weighted by atomic mass is 35.5. The van der Waals surface area contributed by atoms with Gasteiger partial charge in [-0.15, -0.1) is 12.4 Å². The molecule has 116 valence electrons. The summed E-state index contributed by atoms with van der Waals surface area (Å²) in [5.74, 6) is 1.15. The van der Waals surface area contributed by atoms with Crippen LogP contribution in [0.1, 0.15) is 19.3 Å². The van der Waals surface area contributed by atoms with Gasteiger partial charge in [-0.2, -0.15) is 0 Å². The van der Waals surface area contributed by atoms with Crippen LogP contribution in [0.2, 0.25) is 0 Å². The Morgan fingerprint density at radius 1 is 1.48 bits per heavy atom. The summed E-state index contributed by atoms with van der Waals surface area (Å²) in [6.45, 7) is 4.65. The molecule has 1 aliphatic carbocycles. The molecule has 0 aliphatic heterocycles. The van der Waals surface area contributed by atoms with Gasteiger partial charge < -0.3 is 15.8 Å². The van der Waals surface area contributed by atoms with Crippen molar-refractivity contribution in [2.75, 3.05) is 18.5 Å². The molecule has 0 spiro atoms. The highest BCUT2D eigenvalue weighted by Crippen LogP contribution is 2.32. The lowest BCUT2D eigenvalue weighted by atomic mass is 9.95. The summed E-state index contributed by atoms with van der Waals surface area (Å²) in [6, 6.07) is 7.42. The van der Waals surface area contributed by atoms with Crippen LogP contribution in [-0.4, -0.2) is 19.1 Å². The van der Waals surface area contributed by atoms with Crippen LogP contribution in [0.25, 0.3) is 0 Å². The number of nitrogens with one attached hydrogen (secondary N) is 1. The number of benzene rings is 1. The first-order valence-corrected chi connectivity index (χ1v) is 7.09. The second kappa shape index (κ2) is 8.70. The molecule has 1 aromatic carbocycles. The van der Waals surface area contributed by atoms with Crippen LogP contribution < -0.4 is 15.8 Å². The monoisotopic (exact) mass is 310 g/mol. The number of hydrogen-bond donors (Lipinski definition) is 2. The molecule has 1 aliphatic rings. The second-order valence-corrected chi connectivity index (χ2v) is 5.15. The Kier molecular flexibility index (Phi) is 7.26. The third-order valence-electron chi connectivity index (χ3n) is 3.77. The third-order valence-corrected chi connectivity index (χ3v) is 3.77. The van der Waals surface area contributed by atoms with Crippen LogP contribution in [0.4, 0.5) is 5.69 Å². The average Bonchev–Trinajstić information content (AvgIpc) is 2.94. The minimum Gasteiger partial charge on any atom is -0.489 e. The van der Waals surface area contributed by atoms with E-state index in [0.717, 1.165) is 30.7 Å². The highest BCUT2D eigenvalue weighted by Gasteiger charge is 2.31. The molecular formula is C16H23ClN2O2. The molecule has 5 heteroatoms. The Morgan fingerprint density at radius 3 is 3.00 bits per heavy atom. The van der Waals surface area contributed by atoms with Crippen molar-refractivity contribution in [3.05, 3.63) is 36.9 Å². The van der Waals surface area contributed by atoms with E-state index in [0.29, 0.717) is 19.1 Å². The zero-order chi connectivity index (χ0) is 14.4. The van der Waals surface area contributed by atoms with Crippen LogP contribution in [0, 0.1) is 11.8 Å². The first-order chi connectivity index (χ1) is 9.74. The molecule has 0 aromatic heterocycles. The molecule has 1 fully saturated rings. The van der Waals surface area contributed by atoms with Crippen molar-refractivity contribution in [2.24, 2.45) is 17.6 Å². The van der Waals surface area contributed by atoms with Gasteiger partial charge in [0.1, 0.15) is 12.4 Å². The van der Waals surface area contributed by atoms with Crippen molar-refractivity contribution in [3.8, 4) is 5.75 Å². The van der Waals surface area contributed by atoms with Crippen molar-refractivity contribution in [1.82, 2.24) is 0 Å². The Morgan fingerprint density at radius 2 is 2.29 bits per heavy atom. The molecule has 1 saturated carbocycles. The summed E-state index contributed by atoms with van der Waals surface area (Å²) in [4.78, 5) is 12.3. The molecule has 2 rings (SSSR count). The number of ether oxygens (including phenoxy) is 1. The fourth-order valence-electron chi connectivity index (χ4n) is 2.72. The minimum absolute atomic E-state index is 0. The third kappa shape index (κ3) is 4.76. The summed E-state index contributed by atoms with van der Waals surface area (Å²) >= 11 is 0. The number of nitrogens with two attached hydrogens (primary N) is 1. The first kappa shape index (κ1) is 17.5. The van der Waals surface area contributed by atoms with Gasteiger partial charge in [0.15, 0.2) is 0 Å². The Balaban J connectivity index is 0.00000220. The first-order valence-electron chi connectivity index (χ1n) is 7.09. The predicted molar refractivity (Wildman–Crippen MR) is 87.9 cm³/mol. The van der Waals surface area contributed by atoms with E-state index in [9.17, 15) is 4.79 Å². The molecule has 0 heterocycles. The SMILES string of the molecule is C=CCOc1cccc(NC(=O)[C@@H]2CCC[C@@H]2CN)c1.Cl. The molecule has 0 bridgehead atoms. The van der Waals surface area contributed by atoms with Crippen LogP contribution in [-0.2, 0) is 4.79 Å². The molecule has 4 nitrogen and oxygen atoms in total. The molecule has 0 saturated heterocycles. The summed E-state index contributed by atoms with van der Waals surface area (Å²) in [5, 5.41) is 2.96. The molecule has 0 unspecified atom stereocenters. The highest BCUT2D eigenvalue weighted by molar-refractivity contribution is 5.93. The number of halogens is 1. The lowest BCUT2D eigenvalue weighted by Crippen LogP contribution is -2.29. The molecule has 0 radical (unpaired) electrons. The maximum absolute atomic E-state index is 12.3. The largest absolute Gasteiger partial charge is 0.489 e. The van der Waals surface area contributed by atoms with E-state index in [2.05, 4.69) is 11.9 Å². The van der Waals surface area contributed by atoms with Gasteiger partial charge in [-0.05, 0) is 37.4 Å². The zero-order valence-electron chi connectivity index (χ0n) is 12.1. The molecular weight excluding hydrogens is 288 g/mol. The minimum atomic E-state index is 0. The van der Waals surface area contributed by atoms with E-state index in [1.54, 1.807) is 6.08 Å². The van der Waals surface area contributed by atoms with E-state index in [4.69, 9.17) is 10.5 Å². The average molecular weight is 311 g/mol. The lowest BCUT2D eigenvalue weighted by molar-refractivity contribution is -0.120. The fourth-order valence-corrected chi connectivity index (χ4v) is 2.72. The summed E-state index contributed by atoms with van der Waals surface area (Å²) in [5.41, 5.74) is 6.49. The van der Waals surface area contributed by atoms with Crippen LogP contribution in [0.5, 0.6) is 5.75 Å². The molecule has 1 aromatic rings. The van der Waals surface area contributed by atoms with Gasteiger partial charge in [0.2, 0.25) is 5.91 Å². The van der Waals surface area contributed by atoms with Gasteiger partial charge >= 0.3 is 0 Å². The van der Waals surface area contributed by atoms with Gasteiger partial charge in [0.05, 0.1) is 0 Å². The number of hydrogen-bond acceptors (Lipinski definition) is 3. The normalized spacial score (nSPS) is 20.4. The smallest absolute Gasteiger partial charge is 0.227 e. The van der Waals surface area contributed by atoms with Crippen LogP contribution >= 0.6 is 12.4 Å². The molecule has 2 atom stereocenters. The summed E-state index contributed by atoms with van der Waals surface area (Å²) < 4.78 is 5.46. The maximum Gasteiger partial charge on any atom is 0.227 e. The molecule has 1 amide bonds. The predicted octanol–water partition coefficient (Wildman–Crippen LogP) is 2.99.